The minimum absolute atomic E-state index is 0. The van der Waals surface area contributed by atoms with Gasteiger partial charge in [0.25, 0.3) is 0 Å². The first-order valence-corrected chi connectivity index (χ1v) is 9.27. The number of rotatable bonds is 1. The summed E-state index contributed by atoms with van der Waals surface area (Å²) in [5.41, 5.74) is 13.0. The van der Waals surface area contributed by atoms with Crippen molar-refractivity contribution in [2.24, 2.45) is 0 Å². The average Bonchev–Trinajstić information content (AvgIpc) is 3.13. The third kappa shape index (κ3) is 5.78. The Kier molecular flexibility index (Phi) is 8.40. The van der Waals surface area contributed by atoms with Crippen molar-refractivity contribution in [2.45, 2.75) is 13.0 Å². The molecule has 4 rings (SSSR count). The number of benzene rings is 2. The van der Waals surface area contributed by atoms with Crippen LogP contribution in [0.2, 0.25) is 10.0 Å². The van der Waals surface area contributed by atoms with Gasteiger partial charge in [-0.05, 0) is 46.0 Å². The molecule has 1 radical (unpaired) electrons. The molecule has 0 atom stereocenters. The normalized spacial score (nSPS) is 12.4. The number of halogens is 2. The minimum Gasteiger partial charge on any atom is -0.699 e. The van der Waals surface area contributed by atoms with E-state index < -0.39 is 0 Å². The average molecular weight is 464 g/mol. The summed E-state index contributed by atoms with van der Waals surface area (Å²) in [7, 11) is 0. The zero-order valence-corrected chi connectivity index (χ0v) is 18.7. The maximum absolute atomic E-state index is 7.09. The van der Waals surface area contributed by atoms with Gasteiger partial charge in [0, 0.05) is 32.7 Å². The second-order valence-electron chi connectivity index (χ2n) is 5.48. The van der Waals surface area contributed by atoms with Gasteiger partial charge in [-0.1, -0.05) is 59.1 Å². The Morgan fingerprint density at radius 3 is 2.44 bits per heavy atom. The summed E-state index contributed by atoms with van der Waals surface area (Å²) in [6.07, 6.45) is 1.10. The fourth-order valence-corrected chi connectivity index (χ4v) is 3.48. The molecular formula is C19H16Cl2N2SY-2. The molecular weight excluding hydrogens is 448 g/mol. The maximum Gasteiger partial charge on any atom is 0.0591 e. The topological polar surface area (TPSA) is 37.9 Å². The van der Waals surface area contributed by atoms with Crippen molar-refractivity contribution in [1.29, 1.82) is 0 Å². The molecule has 0 aliphatic carbocycles. The van der Waals surface area contributed by atoms with Crippen molar-refractivity contribution in [3.63, 3.8) is 0 Å². The maximum atomic E-state index is 7.09. The Labute approximate surface area is 187 Å². The van der Waals surface area contributed by atoms with E-state index in [9.17, 15) is 0 Å². The third-order valence-corrected chi connectivity index (χ3v) is 5.22. The molecule has 127 valence electrons. The van der Waals surface area contributed by atoms with E-state index in [0.717, 1.165) is 19.5 Å². The van der Waals surface area contributed by atoms with Crippen LogP contribution < -0.4 is 0 Å². The number of thiophene rings is 1. The van der Waals surface area contributed by atoms with E-state index in [1.165, 1.54) is 28.3 Å². The van der Waals surface area contributed by atoms with Crippen LogP contribution in [-0.4, -0.2) is 6.54 Å². The van der Waals surface area contributed by atoms with Gasteiger partial charge < -0.3 is 11.1 Å². The van der Waals surface area contributed by atoms with Crippen LogP contribution in [0.3, 0.4) is 0 Å². The second kappa shape index (κ2) is 10.1. The van der Waals surface area contributed by atoms with Gasteiger partial charge in [-0.3, -0.25) is 0 Å². The molecule has 1 N–H and O–H groups in total. The van der Waals surface area contributed by atoms with E-state index in [-0.39, 0.29) is 32.7 Å². The van der Waals surface area contributed by atoms with Crippen molar-refractivity contribution in [2.75, 3.05) is 6.54 Å². The Balaban J connectivity index is 0.000000196. The molecule has 1 aromatic heterocycles. The molecule has 0 saturated carbocycles. The molecule has 6 heteroatoms. The fraction of sp³-hybridized carbons (Fsp3) is 0.158. The zero-order valence-electron chi connectivity index (χ0n) is 13.5. The van der Waals surface area contributed by atoms with Gasteiger partial charge in [-0.15, -0.1) is 18.8 Å². The van der Waals surface area contributed by atoms with Crippen LogP contribution in [-0.2, 0) is 45.7 Å². The van der Waals surface area contributed by atoms with Gasteiger partial charge in [-0.2, -0.15) is 11.3 Å². The van der Waals surface area contributed by atoms with E-state index in [1.54, 1.807) is 23.5 Å². The van der Waals surface area contributed by atoms with E-state index >= 15 is 0 Å². The smallest absolute Gasteiger partial charge is 0.0591 e. The van der Waals surface area contributed by atoms with Crippen molar-refractivity contribution in [3.8, 4) is 11.1 Å². The Bertz CT molecular complexity index is 822. The Morgan fingerprint density at radius 1 is 0.920 bits per heavy atom. The summed E-state index contributed by atoms with van der Waals surface area (Å²) in [6, 6.07) is 13.6. The van der Waals surface area contributed by atoms with Crippen molar-refractivity contribution < 1.29 is 32.7 Å². The fourth-order valence-electron chi connectivity index (χ4n) is 2.52. The Hall–Kier alpha value is -0.416. The number of nitrogens with zero attached hydrogens (tertiary/aromatic N) is 1. The second-order valence-corrected chi connectivity index (χ2v) is 7.07. The van der Waals surface area contributed by atoms with Gasteiger partial charge in [0.05, 0.1) is 10.0 Å². The molecule has 1 aliphatic rings. The monoisotopic (exact) mass is 463 g/mol. The van der Waals surface area contributed by atoms with Gasteiger partial charge in [0.2, 0.25) is 0 Å². The van der Waals surface area contributed by atoms with Crippen LogP contribution in [0.4, 0.5) is 5.69 Å². The van der Waals surface area contributed by atoms with E-state index in [1.807, 2.05) is 0 Å². The number of nitrogens with one attached hydrogen (secondary N) is 1. The van der Waals surface area contributed by atoms with Gasteiger partial charge >= 0.3 is 0 Å². The van der Waals surface area contributed by atoms with Crippen LogP contribution in [0.15, 0.2) is 53.2 Å². The minimum atomic E-state index is 0. The number of hydrogen-bond donors (Lipinski definition) is 0. The van der Waals surface area contributed by atoms with E-state index in [0.29, 0.717) is 15.7 Å². The van der Waals surface area contributed by atoms with Crippen LogP contribution in [0, 0.1) is 0 Å². The molecule has 1 aliphatic heterocycles. The summed E-state index contributed by atoms with van der Waals surface area (Å²) in [5, 5.41) is 9.67. The molecule has 2 nitrogen and oxygen atoms in total. The predicted octanol–water partition coefficient (Wildman–Crippen LogP) is 7.52. The molecule has 0 bridgehead atoms. The summed E-state index contributed by atoms with van der Waals surface area (Å²) in [6.45, 7) is 1.89. The van der Waals surface area contributed by atoms with Crippen molar-refractivity contribution in [1.82, 2.24) is 0 Å². The van der Waals surface area contributed by atoms with Crippen LogP contribution in [0.1, 0.15) is 11.1 Å². The number of fused-ring (bicyclic) bond motifs is 1. The van der Waals surface area contributed by atoms with Crippen molar-refractivity contribution in [3.05, 3.63) is 85.4 Å². The van der Waals surface area contributed by atoms with Crippen LogP contribution in [0.25, 0.3) is 22.2 Å². The molecule has 0 unspecified atom stereocenters. The first-order chi connectivity index (χ1) is 11.6. The molecule has 0 spiro atoms. The van der Waals surface area contributed by atoms with E-state index in [4.69, 9.17) is 28.9 Å². The largest absolute Gasteiger partial charge is 0.699 e. The van der Waals surface area contributed by atoms with E-state index in [2.05, 4.69) is 40.3 Å². The summed E-state index contributed by atoms with van der Waals surface area (Å²) < 4.78 is 0. The summed E-state index contributed by atoms with van der Waals surface area (Å²) in [5.74, 6) is 0. The quantitative estimate of drug-likeness (QED) is 0.357. The predicted molar refractivity (Wildman–Crippen MR) is 106 cm³/mol. The molecule has 0 fully saturated rings. The Morgan fingerprint density at radius 2 is 1.76 bits per heavy atom. The van der Waals surface area contributed by atoms with Crippen LogP contribution in [0.5, 0.6) is 0 Å². The van der Waals surface area contributed by atoms with Gasteiger partial charge in [0.1, 0.15) is 0 Å². The SMILES string of the molecule is [NH-]c1ccc(Cl)c(Cl)c1.[Y].c1cc(-c2ccc3c(c2)CC[N-]C3)cs1. The number of hydrogen-bond acceptors (Lipinski definition) is 1. The summed E-state index contributed by atoms with van der Waals surface area (Å²) in [4.78, 5) is 0. The van der Waals surface area contributed by atoms with Crippen LogP contribution >= 0.6 is 34.5 Å². The standard InChI is InChI=1S/C13H12NS.C6H4Cl2N.Y/c1-2-12-8-14-5-3-11(12)7-10(1)13-4-6-15-9-13;7-5-2-1-4(9)3-6(5)8;/h1-2,4,6-7,9H,3,5,8H2;1-3,9H;/q2*-1;. The molecule has 2 heterocycles. The summed E-state index contributed by atoms with van der Waals surface area (Å²) >= 11 is 12.9. The molecule has 2 aromatic carbocycles. The molecule has 25 heavy (non-hydrogen) atoms. The third-order valence-electron chi connectivity index (χ3n) is 3.80. The molecule has 3 aromatic rings. The van der Waals surface area contributed by atoms with Gasteiger partial charge in [0.15, 0.2) is 0 Å². The molecule has 0 amide bonds. The zero-order chi connectivity index (χ0) is 16.9. The first kappa shape index (κ1) is 20.9. The van der Waals surface area contributed by atoms with Gasteiger partial charge in [-0.25, -0.2) is 0 Å². The molecule has 0 saturated heterocycles. The van der Waals surface area contributed by atoms with Crippen molar-refractivity contribution >= 4 is 40.2 Å². The first-order valence-electron chi connectivity index (χ1n) is 7.58.